The lowest BCUT2D eigenvalue weighted by Gasteiger charge is -2.37. The molecular weight excluding hydrogens is 781 g/mol. The van der Waals surface area contributed by atoms with Crippen molar-refractivity contribution in [3.8, 4) is 0 Å². The predicted molar refractivity (Wildman–Crippen MR) is 251 cm³/mol. The van der Waals surface area contributed by atoms with E-state index in [9.17, 15) is 15.3 Å². The molecule has 7 aromatic rings. The molecule has 0 radical (unpaired) electrons. The minimum atomic E-state index is -1.43. The number of benzene rings is 7. The van der Waals surface area contributed by atoms with E-state index in [2.05, 4.69) is 20.8 Å². The molecule has 0 saturated carbocycles. The highest BCUT2D eigenvalue weighted by Crippen LogP contribution is 2.40. The highest BCUT2D eigenvalue weighted by Gasteiger charge is 2.41. The SMILES string of the molecule is Cc1c(CO[C@@H](C)C(O)(c2ccccc2)c2ccccc2)c(C)c(CO[C@@H](C)C(O)(c2ccccc2)c2ccccc2)c(C)c1CO[C@@H](C)C(O)(c1ccccc1)c1ccccc1. The van der Waals surface area contributed by atoms with Crippen molar-refractivity contribution in [2.45, 2.75) is 96.5 Å². The number of rotatable bonds is 18. The van der Waals surface area contributed by atoms with Crippen molar-refractivity contribution in [2.75, 3.05) is 0 Å². The Bertz CT molecular complexity index is 2090. The fourth-order valence-corrected chi connectivity index (χ4v) is 9.09. The molecule has 6 heteroatoms. The van der Waals surface area contributed by atoms with Gasteiger partial charge >= 0.3 is 0 Å². The molecule has 3 atom stereocenters. The lowest BCUT2D eigenvalue weighted by Crippen LogP contribution is -2.41. The quantitative estimate of drug-likeness (QED) is 0.0798. The molecule has 0 aliphatic rings. The van der Waals surface area contributed by atoms with Gasteiger partial charge in [0, 0.05) is 0 Å². The molecule has 7 aromatic carbocycles. The Kier molecular flexibility index (Phi) is 14.2. The Morgan fingerprint density at radius 3 is 0.635 bits per heavy atom. The van der Waals surface area contributed by atoms with E-state index in [-0.39, 0.29) is 19.8 Å². The van der Waals surface area contributed by atoms with Crippen molar-refractivity contribution >= 4 is 0 Å². The van der Waals surface area contributed by atoms with Crippen LogP contribution in [0.15, 0.2) is 182 Å². The van der Waals surface area contributed by atoms with E-state index >= 15 is 0 Å². The van der Waals surface area contributed by atoms with E-state index in [0.717, 1.165) is 66.8 Å². The second kappa shape index (κ2) is 19.8. The third-order valence-corrected chi connectivity index (χ3v) is 13.2. The van der Waals surface area contributed by atoms with Crippen LogP contribution in [0.3, 0.4) is 0 Å². The van der Waals surface area contributed by atoms with Crippen molar-refractivity contribution < 1.29 is 29.5 Å². The van der Waals surface area contributed by atoms with Crippen LogP contribution in [0.1, 0.15) is 87.5 Å². The van der Waals surface area contributed by atoms with Crippen molar-refractivity contribution in [2.24, 2.45) is 0 Å². The van der Waals surface area contributed by atoms with E-state index in [1.165, 1.54) is 0 Å². The van der Waals surface area contributed by atoms with E-state index < -0.39 is 35.1 Å². The van der Waals surface area contributed by atoms with Gasteiger partial charge in [-0.1, -0.05) is 182 Å². The average molecular weight is 841 g/mol. The van der Waals surface area contributed by atoms with Crippen LogP contribution < -0.4 is 0 Å². The number of ether oxygens (including phenoxy) is 3. The first-order chi connectivity index (χ1) is 30.4. The molecule has 0 fully saturated rings. The first-order valence-corrected chi connectivity index (χ1v) is 21.9. The van der Waals surface area contributed by atoms with E-state index in [1.54, 1.807) is 0 Å². The van der Waals surface area contributed by atoms with Gasteiger partial charge in [-0.15, -0.1) is 0 Å². The number of hydrogen-bond donors (Lipinski definition) is 3. The molecule has 63 heavy (non-hydrogen) atoms. The van der Waals surface area contributed by atoms with Crippen LogP contribution in [-0.4, -0.2) is 33.6 Å². The Hall–Kier alpha value is -5.70. The maximum Gasteiger partial charge on any atom is 0.140 e. The molecule has 0 unspecified atom stereocenters. The fraction of sp³-hybridized carbons (Fsp3) is 0.263. The van der Waals surface area contributed by atoms with Crippen molar-refractivity contribution in [1.82, 2.24) is 0 Å². The van der Waals surface area contributed by atoms with Gasteiger partial charge in [0.2, 0.25) is 0 Å². The van der Waals surface area contributed by atoms with Crippen LogP contribution in [0.4, 0.5) is 0 Å². The van der Waals surface area contributed by atoms with Gasteiger partial charge in [0.1, 0.15) is 16.8 Å². The Morgan fingerprint density at radius 1 is 0.317 bits per heavy atom. The molecule has 0 aromatic heterocycles. The summed E-state index contributed by atoms with van der Waals surface area (Å²) >= 11 is 0. The molecule has 3 N–H and O–H groups in total. The zero-order valence-electron chi connectivity index (χ0n) is 37.2. The van der Waals surface area contributed by atoms with E-state index in [0.29, 0.717) is 0 Å². The summed E-state index contributed by atoms with van der Waals surface area (Å²) in [7, 11) is 0. The topological polar surface area (TPSA) is 88.4 Å². The second-order valence-corrected chi connectivity index (χ2v) is 16.7. The molecule has 0 spiro atoms. The van der Waals surface area contributed by atoms with Gasteiger partial charge in [-0.05, 0) is 108 Å². The summed E-state index contributed by atoms with van der Waals surface area (Å²) in [5.74, 6) is 0. The Morgan fingerprint density at radius 2 is 0.476 bits per heavy atom. The third-order valence-electron chi connectivity index (χ3n) is 13.2. The first-order valence-electron chi connectivity index (χ1n) is 21.9. The summed E-state index contributed by atoms with van der Waals surface area (Å²) in [6, 6.07) is 58.0. The lowest BCUT2D eigenvalue weighted by atomic mass is 9.82. The molecule has 0 bridgehead atoms. The zero-order chi connectivity index (χ0) is 44.6. The summed E-state index contributed by atoms with van der Waals surface area (Å²) in [5.41, 5.74) is 5.98. The highest BCUT2D eigenvalue weighted by molar-refractivity contribution is 5.51. The van der Waals surface area contributed by atoms with Crippen molar-refractivity contribution in [3.05, 3.63) is 249 Å². The largest absolute Gasteiger partial charge is 0.378 e. The van der Waals surface area contributed by atoms with Crippen molar-refractivity contribution in [3.63, 3.8) is 0 Å². The van der Waals surface area contributed by atoms with Gasteiger partial charge in [0.25, 0.3) is 0 Å². The second-order valence-electron chi connectivity index (χ2n) is 16.7. The normalized spacial score (nSPS) is 13.7. The molecule has 0 heterocycles. The lowest BCUT2D eigenvalue weighted by molar-refractivity contribution is -0.0900. The number of hydrogen-bond acceptors (Lipinski definition) is 6. The molecule has 0 aliphatic carbocycles. The van der Waals surface area contributed by atoms with Gasteiger partial charge in [0.05, 0.1) is 38.1 Å². The molecule has 0 aliphatic heterocycles. The van der Waals surface area contributed by atoms with Crippen LogP contribution in [0, 0.1) is 20.8 Å². The van der Waals surface area contributed by atoms with Crippen molar-refractivity contribution in [1.29, 1.82) is 0 Å². The van der Waals surface area contributed by atoms with Crippen LogP contribution in [0.25, 0.3) is 0 Å². The van der Waals surface area contributed by atoms with Gasteiger partial charge in [-0.2, -0.15) is 0 Å². The van der Waals surface area contributed by atoms with Gasteiger partial charge in [-0.3, -0.25) is 0 Å². The minimum absolute atomic E-state index is 0.197. The molecule has 0 saturated heterocycles. The maximum atomic E-state index is 12.6. The van der Waals surface area contributed by atoms with Crippen LogP contribution in [0.5, 0.6) is 0 Å². The monoisotopic (exact) mass is 840 g/mol. The molecule has 0 amide bonds. The van der Waals surface area contributed by atoms with Gasteiger partial charge < -0.3 is 29.5 Å². The minimum Gasteiger partial charge on any atom is -0.378 e. The van der Waals surface area contributed by atoms with Crippen LogP contribution in [0.2, 0.25) is 0 Å². The average Bonchev–Trinajstić information content (AvgIpc) is 3.34. The summed E-state index contributed by atoms with van der Waals surface area (Å²) in [6.45, 7) is 12.6. The standard InChI is InChI=1S/C57H60O6/c1-40-52(37-61-43(4)55(58,46-25-13-7-14-26-46)47-27-15-8-16-28-47)41(2)54(39-63-45(6)57(60,50-33-21-11-22-34-50)51-35-23-12-24-36-51)42(3)53(40)38-62-44(5)56(59,48-29-17-9-18-30-48)49-31-19-10-20-32-49/h7-36,43-45,58-60H,37-39H2,1-6H3/t43-,44-,45-/m0/s1. The zero-order valence-corrected chi connectivity index (χ0v) is 37.2. The summed E-state index contributed by atoms with van der Waals surface area (Å²) in [4.78, 5) is 0. The Labute approximate surface area is 373 Å². The number of aliphatic hydroxyl groups is 3. The summed E-state index contributed by atoms with van der Waals surface area (Å²) in [6.07, 6.45) is -1.96. The molecular formula is C57H60O6. The highest BCUT2D eigenvalue weighted by atomic mass is 16.5. The van der Waals surface area contributed by atoms with E-state index in [1.807, 2.05) is 203 Å². The van der Waals surface area contributed by atoms with Gasteiger partial charge in [-0.25, -0.2) is 0 Å². The third kappa shape index (κ3) is 9.07. The molecule has 7 rings (SSSR count). The predicted octanol–water partition coefficient (Wildman–Crippen LogP) is 11.1. The maximum absolute atomic E-state index is 12.6. The summed E-state index contributed by atoms with van der Waals surface area (Å²) < 4.78 is 20.4. The van der Waals surface area contributed by atoms with Crippen LogP contribution >= 0.6 is 0 Å². The Balaban J connectivity index is 1.26. The molecule has 6 nitrogen and oxygen atoms in total. The summed E-state index contributed by atoms with van der Waals surface area (Å²) in [5, 5.41) is 37.8. The van der Waals surface area contributed by atoms with Crippen LogP contribution in [-0.2, 0) is 50.8 Å². The van der Waals surface area contributed by atoms with Gasteiger partial charge in [0.15, 0.2) is 0 Å². The molecule has 324 valence electrons. The fourth-order valence-electron chi connectivity index (χ4n) is 9.09. The smallest absolute Gasteiger partial charge is 0.140 e. The first kappa shape index (κ1) is 45.3. The van der Waals surface area contributed by atoms with E-state index in [4.69, 9.17) is 14.2 Å².